The summed E-state index contributed by atoms with van der Waals surface area (Å²) in [6, 6.07) is 0. The lowest BCUT2D eigenvalue weighted by Crippen LogP contribution is -2.24. The van der Waals surface area contributed by atoms with E-state index in [0.717, 1.165) is 0 Å². The zero-order valence-corrected chi connectivity index (χ0v) is 11.9. The Bertz CT molecular complexity index is 225. The molecule has 1 nitrogen and oxygen atoms in total. The van der Waals surface area contributed by atoms with Crippen molar-refractivity contribution in [2.75, 3.05) is 0 Å². The van der Waals surface area contributed by atoms with Crippen LogP contribution in [-0.2, 0) is 4.43 Å². The first-order valence-electron chi connectivity index (χ1n) is 6.43. The van der Waals surface area contributed by atoms with E-state index >= 15 is 0 Å². The topological polar surface area (TPSA) is 9.23 Å². The van der Waals surface area contributed by atoms with E-state index in [4.69, 9.17) is 4.43 Å². The first kappa shape index (κ1) is 12.8. The van der Waals surface area contributed by atoms with Gasteiger partial charge in [0.1, 0.15) is 0 Å². The fraction of sp³-hybridized carbons (Fsp3) is 0.846. The van der Waals surface area contributed by atoms with E-state index in [2.05, 4.69) is 26.6 Å². The van der Waals surface area contributed by atoms with Gasteiger partial charge in [-0.1, -0.05) is 19.8 Å². The molecule has 15 heavy (non-hydrogen) atoms. The molecule has 0 heterocycles. The van der Waals surface area contributed by atoms with Crippen molar-refractivity contribution in [3.05, 3.63) is 11.3 Å². The molecule has 0 radical (unpaired) electrons. The van der Waals surface area contributed by atoms with E-state index in [1.807, 2.05) is 0 Å². The van der Waals surface area contributed by atoms with Gasteiger partial charge in [-0.05, 0) is 50.9 Å². The number of rotatable bonds is 6. The van der Waals surface area contributed by atoms with Crippen LogP contribution in [0, 0.1) is 0 Å². The Hall–Kier alpha value is -0.243. The average Bonchev–Trinajstić information content (AvgIpc) is 2.50. The molecule has 0 fully saturated rings. The highest BCUT2D eigenvalue weighted by atomic mass is 28.4. The zero-order chi connectivity index (χ0) is 11.3. The molecule has 0 bridgehead atoms. The molecule has 2 heteroatoms. The van der Waals surface area contributed by atoms with E-state index in [-0.39, 0.29) is 0 Å². The molecule has 0 spiro atoms. The maximum Gasteiger partial charge on any atom is 0.241 e. The molecular formula is C13H26OSi. The molecule has 1 aliphatic carbocycles. The molecule has 0 unspecified atom stereocenters. The molecule has 1 rings (SSSR count). The first-order valence-corrected chi connectivity index (χ1v) is 9.83. The highest BCUT2D eigenvalue weighted by molar-refractivity contribution is 6.70. The summed E-state index contributed by atoms with van der Waals surface area (Å²) < 4.78 is 6.16. The fourth-order valence-electron chi connectivity index (χ4n) is 2.12. The minimum absolute atomic E-state index is 1.20. The van der Waals surface area contributed by atoms with Crippen LogP contribution in [0.3, 0.4) is 0 Å². The molecule has 0 aromatic heterocycles. The van der Waals surface area contributed by atoms with Gasteiger partial charge in [0, 0.05) is 6.42 Å². The minimum atomic E-state index is -1.37. The molecule has 0 atom stereocenters. The zero-order valence-electron chi connectivity index (χ0n) is 10.9. The molecule has 0 saturated carbocycles. The van der Waals surface area contributed by atoms with Crippen LogP contribution in [-0.4, -0.2) is 8.32 Å². The van der Waals surface area contributed by atoms with Crippen LogP contribution in [0.4, 0.5) is 0 Å². The molecule has 0 N–H and O–H groups in total. The van der Waals surface area contributed by atoms with Gasteiger partial charge < -0.3 is 4.43 Å². The number of allylic oxidation sites excluding steroid dienone is 2. The predicted molar refractivity (Wildman–Crippen MR) is 69.5 cm³/mol. The normalized spacial score (nSPS) is 17.3. The average molecular weight is 226 g/mol. The van der Waals surface area contributed by atoms with E-state index in [0.29, 0.717) is 0 Å². The maximum atomic E-state index is 6.16. The van der Waals surface area contributed by atoms with Gasteiger partial charge >= 0.3 is 0 Å². The van der Waals surface area contributed by atoms with Gasteiger partial charge in [0.05, 0.1) is 5.76 Å². The van der Waals surface area contributed by atoms with Crippen LogP contribution in [0.25, 0.3) is 0 Å². The van der Waals surface area contributed by atoms with Crippen LogP contribution >= 0.6 is 0 Å². The summed E-state index contributed by atoms with van der Waals surface area (Å²) in [6.45, 7) is 9.11. The Labute approximate surface area is 96.0 Å². The van der Waals surface area contributed by atoms with Crippen LogP contribution in [0.5, 0.6) is 0 Å². The highest BCUT2D eigenvalue weighted by Crippen LogP contribution is 2.32. The molecule has 0 aliphatic heterocycles. The number of hydrogen-bond acceptors (Lipinski definition) is 1. The second kappa shape index (κ2) is 5.74. The molecular weight excluding hydrogens is 200 g/mol. The summed E-state index contributed by atoms with van der Waals surface area (Å²) in [4.78, 5) is 0. The highest BCUT2D eigenvalue weighted by Gasteiger charge is 2.22. The molecule has 0 aromatic rings. The SMILES string of the molecule is CCCCCC1=C(O[Si](C)(C)C)CCC1. The lowest BCUT2D eigenvalue weighted by molar-refractivity contribution is 0.402. The van der Waals surface area contributed by atoms with Crippen molar-refractivity contribution in [3.8, 4) is 0 Å². The van der Waals surface area contributed by atoms with Gasteiger partial charge in [-0.25, -0.2) is 0 Å². The summed E-state index contributed by atoms with van der Waals surface area (Å²) in [5.41, 5.74) is 1.63. The Kier molecular flexibility index (Phi) is 4.90. The molecule has 88 valence electrons. The number of hydrogen-bond donors (Lipinski definition) is 0. The molecule has 0 amide bonds. The monoisotopic (exact) mass is 226 g/mol. The molecule has 0 saturated heterocycles. The van der Waals surface area contributed by atoms with Gasteiger partial charge in [-0.15, -0.1) is 0 Å². The van der Waals surface area contributed by atoms with E-state index in [1.165, 1.54) is 50.7 Å². The summed E-state index contributed by atoms with van der Waals surface area (Å²) in [5, 5.41) is 0. The van der Waals surface area contributed by atoms with E-state index in [9.17, 15) is 0 Å². The summed E-state index contributed by atoms with van der Waals surface area (Å²) in [7, 11) is -1.37. The smallest absolute Gasteiger partial charge is 0.241 e. The molecule has 0 aromatic carbocycles. The van der Waals surface area contributed by atoms with E-state index in [1.54, 1.807) is 5.57 Å². The Morgan fingerprint density at radius 3 is 2.47 bits per heavy atom. The standard InChI is InChI=1S/C13H26OSi/c1-5-6-7-9-12-10-8-11-13(12)14-15(2,3)4/h5-11H2,1-4H3. The van der Waals surface area contributed by atoms with Gasteiger partial charge in [0.2, 0.25) is 8.32 Å². The minimum Gasteiger partial charge on any atom is -0.547 e. The van der Waals surface area contributed by atoms with Gasteiger partial charge in [0.25, 0.3) is 0 Å². The van der Waals surface area contributed by atoms with Gasteiger partial charge in [-0.3, -0.25) is 0 Å². The third-order valence-electron chi connectivity index (χ3n) is 2.79. The largest absolute Gasteiger partial charge is 0.547 e. The summed E-state index contributed by atoms with van der Waals surface area (Å²) >= 11 is 0. The number of unbranched alkanes of at least 4 members (excludes halogenated alkanes) is 2. The molecule has 1 aliphatic rings. The van der Waals surface area contributed by atoms with Crippen molar-refractivity contribution in [1.29, 1.82) is 0 Å². The van der Waals surface area contributed by atoms with Crippen molar-refractivity contribution >= 4 is 8.32 Å². The second-order valence-electron chi connectivity index (χ2n) is 5.55. The third kappa shape index (κ3) is 4.87. The van der Waals surface area contributed by atoms with Crippen molar-refractivity contribution < 1.29 is 4.43 Å². The summed E-state index contributed by atoms with van der Waals surface area (Å²) in [6.07, 6.45) is 9.13. The second-order valence-corrected chi connectivity index (χ2v) is 9.98. The van der Waals surface area contributed by atoms with Crippen LogP contribution in [0.1, 0.15) is 51.9 Å². The fourth-order valence-corrected chi connectivity index (χ4v) is 3.11. The summed E-state index contributed by atoms with van der Waals surface area (Å²) in [5.74, 6) is 1.37. The lowest BCUT2D eigenvalue weighted by Gasteiger charge is -2.21. The lowest BCUT2D eigenvalue weighted by atomic mass is 10.1. The van der Waals surface area contributed by atoms with Crippen molar-refractivity contribution in [1.82, 2.24) is 0 Å². The maximum absolute atomic E-state index is 6.16. The predicted octanol–water partition coefficient (Wildman–Crippen LogP) is 4.86. The quantitative estimate of drug-likeness (QED) is 0.464. The van der Waals surface area contributed by atoms with Crippen molar-refractivity contribution in [2.45, 2.75) is 71.5 Å². The Morgan fingerprint density at radius 2 is 1.87 bits per heavy atom. The Balaban J connectivity index is 2.46. The van der Waals surface area contributed by atoms with Crippen LogP contribution in [0.2, 0.25) is 19.6 Å². The van der Waals surface area contributed by atoms with Gasteiger partial charge in [0.15, 0.2) is 0 Å². The van der Waals surface area contributed by atoms with E-state index < -0.39 is 8.32 Å². The third-order valence-corrected chi connectivity index (χ3v) is 3.65. The Morgan fingerprint density at radius 1 is 1.13 bits per heavy atom. The van der Waals surface area contributed by atoms with Gasteiger partial charge in [-0.2, -0.15) is 0 Å². The van der Waals surface area contributed by atoms with Crippen LogP contribution in [0.15, 0.2) is 11.3 Å². The van der Waals surface area contributed by atoms with Crippen molar-refractivity contribution in [3.63, 3.8) is 0 Å². The van der Waals surface area contributed by atoms with Crippen molar-refractivity contribution in [2.24, 2.45) is 0 Å². The van der Waals surface area contributed by atoms with Crippen LogP contribution < -0.4 is 0 Å². The first-order chi connectivity index (χ1) is 7.03.